The second kappa shape index (κ2) is 10.3. The summed E-state index contributed by atoms with van der Waals surface area (Å²) in [5.74, 6) is -0.166. The van der Waals surface area contributed by atoms with Crippen molar-refractivity contribution in [1.29, 1.82) is 0 Å². The summed E-state index contributed by atoms with van der Waals surface area (Å²) in [6.45, 7) is 3.51. The largest absolute Gasteiger partial charge is 0.354 e. The highest BCUT2D eigenvalue weighted by atomic mass is 35.5. The monoisotopic (exact) mass is 432 g/mol. The number of carbonyl (C=O) groups excluding carboxylic acids is 1. The van der Waals surface area contributed by atoms with Crippen molar-refractivity contribution in [3.63, 3.8) is 0 Å². The lowest BCUT2D eigenvalue weighted by atomic mass is 9.79. The number of halogens is 2. The fraction of sp³-hybridized carbons (Fsp3) is 0.478. The lowest BCUT2D eigenvalue weighted by molar-refractivity contribution is -0.123. The van der Waals surface area contributed by atoms with E-state index in [1.807, 2.05) is 24.4 Å². The van der Waals surface area contributed by atoms with Gasteiger partial charge in [0.25, 0.3) is 0 Å². The van der Waals surface area contributed by atoms with Gasteiger partial charge in [-0.1, -0.05) is 31.0 Å². The Morgan fingerprint density at radius 2 is 2.00 bits per heavy atom. The summed E-state index contributed by atoms with van der Waals surface area (Å²) >= 11 is 0. The van der Waals surface area contributed by atoms with Gasteiger partial charge in [-0.05, 0) is 42.2 Å². The first kappa shape index (κ1) is 22.7. The Labute approximate surface area is 183 Å². The molecular formula is C23H30ClFN4O. The first-order valence-electron chi connectivity index (χ1n) is 10.5. The van der Waals surface area contributed by atoms with Crippen LogP contribution in [0, 0.1) is 5.82 Å². The minimum atomic E-state index is -0.217. The zero-order valence-corrected chi connectivity index (χ0v) is 18.0. The van der Waals surface area contributed by atoms with Gasteiger partial charge >= 0.3 is 0 Å². The van der Waals surface area contributed by atoms with Gasteiger partial charge < -0.3 is 10.6 Å². The summed E-state index contributed by atoms with van der Waals surface area (Å²) in [7, 11) is 0. The minimum absolute atomic E-state index is 0. The summed E-state index contributed by atoms with van der Waals surface area (Å²) < 4.78 is 13.4. The first-order chi connectivity index (χ1) is 14.2. The highest BCUT2D eigenvalue weighted by Gasteiger charge is 2.36. The number of nitrogens with zero attached hydrogens (tertiary/aromatic N) is 2. The molecule has 2 aromatic rings. The number of amides is 1. The molecule has 1 aliphatic heterocycles. The van der Waals surface area contributed by atoms with Gasteiger partial charge in [-0.2, -0.15) is 0 Å². The van der Waals surface area contributed by atoms with Crippen LogP contribution in [0.1, 0.15) is 42.9 Å². The Kier molecular flexibility index (Phi) is 7.81. The molecule has 30 heavy (non-hydrogen) atoms. The third-order valence-corrected chi connectivity index (χ3v) is 6.41. The summed E-state index contributed by atoms with van der Waals surface area (Å²) in [5.41, 5.74) is 2.19. The number of pyridine rings is 1. The van der Waals surface area contributed by atoms with Crippen LogP contribution in [0.25, 0.3) is 0 Å². The van der Waals surface area contributed by atoms with E-state index in [9.17, 15) is 9.18 Å². The van der Waals surface area contributed by atoms with Crippen LogP contribution in [-0.4, -0.2) is 48.5 Å². The smallest absolute Gasteiger partial charge is 0.234 e. The van der Waals surface area contributed by atoms with Crippen LogP contribution in [0.15, 0.2) is 48.8 Å². The predicted molar refractivity (Wildman–Crippen MR) is 118 cm³/mol. The Bertz CT molecular complexity index is 812. The molecule has 2 aliphatic rings. The molecule has 7 heteroatoms. The van der Waals surface area contributed by atoms with E-state index in [1.165, 1.54) is 12.1 Å². The third kappa shape index (κ3) is 5.17. The molecule has 1 aromatic carbocycles. The SMILES string of the molecule is Cl.O=C(CN1CCNCC1c1cccnc1)NCC1(c2ccc(F)cc2)CCCC1. The van der Waals surface area contributed by atoms with Crippen molar-refractivity contribution in [2.45, 2.75) is 37.1 Å². The Hall–Kier alpha value is -2.02. The average Bonchev–Trinajstić information content (AvgIpc) is 3.24. The van der Waals surface area contributed by atoms with Crippen molar-refractivity contribution >= 4 is 18.3 Å². The second-order valence-electron chi connectivity index (χ2n) is 8.25. The van der Waals surface area contributed by atoms with E-state index < -0.39 is 0 Å². The fourth-order valence-electron chi connectivity index (χ4n) is 4.77. The number of hydrogen-bond acceptors (Lipinski definition) is 4. The molecule has 4 rings (SSSR count). The molecule has 0 bridgehead atoms. The molecule has 1 saturated heterocycles. The number of rotatable bonds is 6. The molecule has 2 fully saturated rings. The maximum Gasteiger partial charge on any atom is 0.234 e. The van der Waals surface area contributed by atoms with E-state index in [0.29, 0.717) is 13.1 Å². The van der Waals surface area contributed by atoms with Gasteiger partial charge in [-0.3, -0.25) is 14.7 Å². The second-order valence-corrected chi connectivity index (χ2v) is 8.25. The highest BCUT2D eigenvalue weighted by Crippen LogP contribution is 2.40. The summed E-state index contributed by atoms with van der Waals surface area (Å²) in [4.78, 5) is 19.3. The van der Waals surface area contributed by atoms with Crippen molar-refractivity contribution in [2.24, 2.45) is 0 Å². The normalized spacial score (nSPS) is 21.0. The maximum atomic E-state index is 13.4. The van der Waals surface area contributed by atoms with Gasteiger partial charge in [0.2, 0.25) is 5.91 Å². The first-order valence-corrected chi connectivity index (χ1v) is 10.5. The molecule has 2 heterocycles. The standard InChI is InChI=1S/C23H29FN4O.ClH/c24-20-7-5-19(6-8-20)23(9-1-2-10-23)17-27-22(29)16-28-13-12-26-15-21(28)18-4-3-11-25-14-18;/h3-8,11,14,21,26H,1-2,9-10,12-13,15-17H2,(H,27,29);1H. The average molecular weight is 433 g/mol. The number of nitrogens with one attached hydrogen (secondary N) is 2. The Morgan fingerprint density at radius 1 is 1.23 bits per heavy atom. The molecule has 0 spiro atoms. The minimum Gasteiger partial charge on any atom is -0.354 e. The summed E-state index contributed by atoms with van der Waals surface area (Å²) in [5, 5.41) is 6.60. The molecule has 162 valence electrons. The van der Waals surface area contributed by atoms with Crippen LogP contribution in [0.5, 0.6) is 0 Å². The van der Waals surface area contributed by atoms with Gasteiger partial charge in [-0.25, -0.2) is 4.39 Å². The molecule has 1 aliphatic carbocycles. The predicted octanol–water partition coefficient (Wildman–Crippen LogP) is 3.22. The number of carbonyl (C=O) groups is 1. The van der Waals surface area contributed by atoms with Crippen molar-refractivity contribution in [1.82, 2.24) is 20.5 Å². The molecule has 0 radical (unpaired) electrons. The maximum absolute atomic E-state index is 13.4. The lowest BCUT2D eigenvalue weighted by Crippen LogP contribution is -2.50. The molecule has 2 N–H and O–H groups in total. The van der Waals surface area contributed by atoms with Crippen molar-refractivity contribution in [3.8, 4) is 0 Å². The quantitative estimate of drug-likeness (QED) is 0.735. The molecule has 1 unspecified atom stereocenters. The molecule has 1 saturated carbocycles. The van der Waals surface area contributed by atoms with Crippen molar-refractivity contribution < 1.29 is 9.18 Å². The van der Waals surface area contributed by atoms with Crippen LogP contribution in [0.2, 0.25) is 0 Å². The molecule has 1 atom stereocenters. The van der Waals surface area contributed by atoms with Crippen LogP contribution in [0.3, 0.4) is 0 Å². The molecule has 5 nitrogen and oxygen atoms in total. The summed E-state index contributed by atoms with van der Waals surface area (Å²) in [6.07, 6.45) is 8.01. The van der Waals surface area contributed by atoms with Gasteiger partial charge in [0.1, 0.15) is 5.82 Å². The zero-order chi connectivity index (χ0) is 20.1. The van der Waals surface area contributed by atoms with E-state index in [2.05, 4.69) is 26.6 Å². The number of aromatic nitrogens is 1. The topological polar surface area (TPSA) is 57.3 Å². The lowest BCUT2D eigenvalue weighted by Gasteiger charge is -2.36. The van der Waals surface area contributed by atoms with Crippen LogP contribution in [-0.2, 0) is 10.2 Å². The van der Waals surface area contributed by atoms with E-state index in [0.717, 1.165) is 56.4 Å². The number of benzene rings is 1. The van der Waals surface area contributed by atoms with Crippen molar-refractivity contribution in [3.05, 3.63) is 65.7 Å². The van der Waals surface area contributed by atoms with Crippen LogP contribution < -0.4 is 10.6 Å². The zero-order valence-electron chi connectivity index (χ0n) is 17.1. The Morgan fingerprint density at radius 3 is 2.70 bits per heavy atom. The van der Waals surface area contributed by atoms with E-state index >= 15 is 0 Å². The highest BCUT2D eigenvalue weighted by molar-refractivity contribution is 5.85. The van der Waals surface area contributed by atoms with E-state index in [-0.39, 0.29) is 35.6 Å². The van der Waals surface area contributed by atoms with Gasteiger partial charge in [0.15, 0.2) is 0 Å². The van der Waals surface area contributed by atoms with Gasteiger partial charge in [-0.15, -0.1) is 12.4 Å². The number of hydrogen-bond donors (Lipinski definition) is 2. The Balaban J connectivity index is 0.00000256. The summed E-state index contributed by atoms with van der Waals surface area (Å²) in [6, 6.07) is 11.0. The molecule has 1 amide bonds. The number of piperazine rings is 1. The van der Waals surface area contributed by atoms with Crippen LogP contribution in [0.4, 0.5) is 4.39 Å². The molecular weight excluding hydrogens is 403 g/mol. The van der Waals surface area contributed by atoms with E-state index in [4.69, 9.17) is 0 Å². The van der Waals surface area contributed by atoms with Gasteiger partial charge in [0, 0.05) is 50.0 Å². The van der Waals surface area contributed by atoms with Crippen LogP contribution >= 0.6 is 12.4 Å². The van der Waals surface area contributed by atoms with Gasteiger partial charge in [0.05, 0.1) is 6.54 Å². The van der Waals surface area contributed by atoms with E-state index in [1.54, 1.807) is 6.20 Å². The van der Waals surface area contributed by atoms with Crippen molar-refractivity contribution in [2.75, 3.05) is 32.7 Å². The molecule has 1 aromatic heterocycles. The third-order valence-electron chi connectivity index (χ3n) is 6.41. The fourth-order valence-corrected chi connectivity index (χ4v) is 4.77.